The Kier molecular flexibility index (Phi) is 2.29. The molecular weight excluding hydrogens is 230 g/mol. The number of nitrogens with two attached hydrogens (primary N) is 1. The van der Waals surface area contributed by atoms with Gasteiger partial charge in [0.25, 0.3) is 5.91 Å². The molecule has 1 spiro atoms. The zero-order valence-electron chi connectivity index (χ0n) is 9.95. The van der Waals surface area contributed by atoms with E-state index in [0.29, 0.717) is 29.8 Å². The summed E-state index contributed by atoms with van der Waals surface area (Å²) in [5.41, 5.74) is 6.33. The second kappa shape index (κ2) is 3.73. The van der Waals surface area contributed by atoms with Crippen LogP contribution in [-0.2, 0) is 4.79 Å². The molecule has 1 aromatic rings. The van der Waals surface area contributed by atoms with Gasteiger partial charge >= 0.3 is 0 Å². The molecule has 3 rings (SSSR count). The third-order valence-electron chi connectivity index (χ3n) is 3.82. The summed E-state index contributed by atoms with van der Waals surface area (Å²) in [5, 5.41) is 5.69. The lowest BCUT2D eigenvalue weighted by Crippen LogP contribution is -2.53. The maximum Gasteiger partial charge on any atom is 0.256 e. The molecule has 1 aliphatic carbocycles. The third kappa shape index (κ3) is 1.47. The predicted molar refractivity (Wildman–Crippen MR) is 68.1 cm³/mol. The Labute approximate surface area is 105 Å². The summed E-state index contributed by atoms with van der Waals surface area (Å²) in [6.45, 7) is 0. The number of nitrogen functional groups attached to an aromatic ring is 1. The SMILES string of the molecule is Nc1cccc2c1C(=O)NC1(CCCC1)C(=O)N2. The van der Waals surface area contributed by atoms with Gasteiger partial charge in [-0.05, 0) is 25.0 Å². The molecule has 0 aromatic heterocycles. The van der Waals surface area contributed by atoms with Crippen molar-refractivity contribution in [1.82, 2.24) is 5.32 Å². The van der Waals surface area contributed by atoms with Crippen LogP contribution in [0, 0.1) is 0 Å². The van der Waals surface area contributed by atoms with Crippen molar-refractivity contribution in [2.24, 2.45) is 0 Å². The number of nitrogens with one attached hydrogen (secondary N) is 2. The minimum absolute atomic E-state index is 0.127. The van der Waals surface area contributed by atoms with E-state index in [2.05, 4.69) is 10.6 Å². The Bertz CT molecular complexity index is 533. The van der Waals surface area contributed by atoms with Gasteiger partial charge in [0.2, 0.25) is 5.91 Å². The summed E-state index contributed by atoms with van der Waals surface area (Å²) >= 11 is 0. The normalized spacial score (nSPS) is 21.1. The molecule has 4 N–H and O–H groups in total. The molecule has 0 unspecified atom stereocenters. The largest absolute Gasteiger partial charge is 0.398 e. The van der Waals surface area contributed by atoms with Gasteiger partial charge in [-0.3, -0.25) is 9.59 Å². The minimum atomic E-state index is -0.747. The number of carbonyl (C=O) groups excluding carboxylic acids is 2. The van der Waals surface area contributed by atoms with Gasteiger partial charge in [0, 0.05) is 5.69 Å². The van der Waals surface area contributed by atoms with Crippen molar-refractivity contribution in [1.29, 1.82) is 0 Å². The number of benzene rings is 1. The number of amides is 2. The summed E-state index contributed by atoms with van der Waals surface area (Å²) in [6.07, 6.45) is 3.30. The van der Waals surface area contributed by atoms with Crippen molar-refractivity contribution in [2.45, 2.75) is 31.2 Å². The maximum atomic E-state index is 12.3. The topological polar surface area (TPSA) is 84.2 Å². The second-order valence-corrected chi connectivity index (χ2v) is 4.97. The fourth-order valence-corrected chi connectivity index (χ4v) is 2.84. The summed E-state index contributed by atoms with van der Waals surface area (Å²) in [6, 6.07) is 5.10. The number of fused-ring (bicyclic) bond motifs is 1. The zero-order chi connectivity index (χ0) is 12.8. The van der Waals surface area contributed by atoms with Crippen LogP contribution in [0.15, 0.2) is 18.2 Å². The molecule has 0 saturated heterocycles. The zero-order valence-corrected chi connectivity index (χ0v) is 9.95. The maximum absolute atomic E-state index is 12.3. The van der Waals surface area contributed by atoms with Crippen LogP contribution in [-0.4, -0.2) is 17.4 Å². The quantitative estimate of drug-likeness (QED) is 0.602. The molecule has 94 valence electrons. The Morgan fingerprint density at radius 2 is 1.89 bits per heavy atom. The van der Waals surface area contributed by atoms with Crippen molar-refractivity contribution in [3.8, 4) is 0 Å². The Morgan fingerprint density at radius 1 is 1.17 bits per heavy atom. The number of hydrogen-bond acceptors (Lipinski definition) is 3. The average molecular weight is 245 g/mol. The van der Waals surface area contributed by atoms with Gasteiger partial charge in [0.15, 0.2) is 0 Å². The molecule has 1 aliphatic heterocycles. The van der Waals surface area contributed by atoms with Gasteiger partial charge in [-0.25, -0.2) is 0 Å². The van der Waals surface area contributed by atoms with E-state index in [4.69, 9.17) is 5.73 Å². The number of hydrogen-bond donors (Lipinski definition) is 3. The molecule has 0 atom stereocenters. The number of carbonyl (C=O) groups is 2. The van der Waals surface area contributed by atoms with Gasteiger partial charge in [-0.2, -0.15) is 0 Å². The van der Waals surface area contributed by atoms with Gasteiger partial charge in [-0.15, -0.1) is 0 Å². The highest BCUT2D eigenvalue weighted by molar-refractivity contribution is 6.14. The molecule has 1 heterocycles. The van der Waals surface area contributed by atoms with Crippen molar-refractivity contribution >= 4 is 23.2 Å². The fourth-order valence-electron chi connectivity index (χ4n) is 2.84. The van der Waals surface area contributed by atoms with E-state index in [-0.39, 0.29) is 11.8 Å². The smallest absolute Gasteiger partial charge is 0.256 e. The molecular formula is C13H15N3O2. The van der Waals surface area contributed by atoms with Crippen LogP contribution < -0.4 is 16.4 Å². The molecule has 0 radical (unpaired) electrons. The number of rotatable bonds is 0. The standard InChI is InChI=1S/C13H15N3O2/c14-8-4-3-5-9-10(8)11(17)16-13(12(18)15-9)6-1-2-7-13/h3-5H,1-2,6-7,14H2,(H,15,18)(H,16,17). The molecule has 18 heavy (non-hydrogen) atoms. The monoisotopic (exact) mass is 245 g/mol. The Hall–Kier alpha value is -2.04. The van der Waals surface area contributed by atoms with E-state index in [9.17, 15) is 9.59 Å². The van der Waals surface area contributed by atoms with Crippen LogP contribution in [0.5, 0.6) is 0 Å². The van der Waals surface area contributed by atoms with E-state index < -0.39 is 5.54 Å². The van der Waals surface area contributed by atoms with Crippen molar-refractivity contribution in [3.63, 3.8) is 0 Å². The molecule has 1 saturated carbocycles. The first kappa shape index (κ1) is 11.1. The van der Waals surface area contributed by atoms with Gasteiger partial charge < -0.3 is 16.4 Å². The first-order valence-corrected chi connectivity index (χ1v) is 6.15. The van der Waals surface area contributed by atoms with Crippen LogP contribution in [0.1, 0.15) is 36.0 Å². The summed E-state index contributed by atoms with van der Waals surface area (Å²) < 4.78 is 0. The van der Waals surface area contributed by atoms with E-state index in [1.54, 1.807) is 18.2 Å². The first-order chi connectivity index (χ1) is 8.62. The summed E-state index contributed by atoms with van der Waals surface area (Å²) in [4.78, 5) is 24.5. The van der Waals surface area contributed by atoms with Gasteiger partial charge in [0.1, 0.15) is 5.54 Å². The molecule has 2 amide bonds. The second-order valence-electron chi connectivity index (χ2n) is 4.97. The number of anilines is 2. The van der Waals surface area contributed by atoms with E-state index in [1.165, 1.54) is 0 Å². The van der Waals surface area contributed by atoms with Crippen molar-refractivity contribution in [3.05, 3.63) is 23.8 Å². The van der Waals surface area contributed by atoms with E-state index in [1.807, 2.05) is 0 Å². The predicted octanol–water partition coefficient (Wildman–Crippen LogP) is 1.26. The minimum Gasteiger partial charge on any atom is -0.398 e. The highest BCUT2D eigenvalue weighted by Gasteiger charge is 2.45. The highest BCUT2D eigenvalue weighted by Crippen LogP contribution is 2.35. The molecule has 1 aromatic carbocycles. The molecule has 1 fully saturated rings. The average Bonchev–Trinajstić information content (AvgIpc) is 2.74. The molecule has 2 aliphatic rings. The van der Waals surface area contributed by atoms with Crippen molar-refractivity contribution in [2.75, 3.05) is 11.1 Å². The summed E-state index contributed by atoms with van der Waals surface area (Å²) in [5.74, 6) is -0.388. The van der Waals surface area contributed by atoms with E-state index in [0.717, 1.165) is 12.8 Å². The Morgan fingerprint density at radius 3 is 2.61 bits per heavy atom. The van der Waals surface area contributed by atoms with Crippen LogP contribution >= 0.6 is 0 Å². The molecule has 0 bridgehead atoms. The third-order valence-corrected chi connectivity index (χ3v) is 3.82. The summed E-state index contributed by atoms with van der Waals surface area (Å²) in [7, 11) is 0. The first-order valence-electron chi connectivity index (χ1n) is 6.15. The highest BCUT2D eigenvalue weighted by atomic mass is 16.2. The Balaban J connectivity index is 2.09. The lowest BCUT2D eigenvalue weighted by atomic mass is 9.96. The molecule has 5 heteroatoms. The van der Waals surface area contributed by atoms with Crippen LogP contribution in [0.25, 0.3) is 0 Å². The lowest BCUT2D eigenvalue weighted by molar-refractivity contribution is -0.121. The van der Waals surface area contributed by atoms with E-state index >= 15 is 0 Å². The van der Waals surface area contributed by atoms with Gasteiger partial charge in [-0.1, -0.05) is 18.9 Å². The molecule has 5 nitrogen and oxygen atoms in total. The van der Waals surface area contributed by atoms with Crippen LogP contribution in [0.3, 0.4) is 0 Å². The van der Waals surface area contributed by atoms with Crippen LogP contribution in [0.2, 0.25) is 0 Å². The van der Waals surface area contributed by atoms with Crippen molar-refractivity contribution < 1.29 is 9.59 Å². The fraction of sp³-hybridized carbons (Fsp3) is 0.385. The van der Waals surface area contributed by atoms with Crippen LogP contribution in [0.4, 0.5) is 11.4 Å². The lowest BCUT2D eigenvalue weighted by Gasteiger charge is -2.26. The van der Waals surface area contributed by atoms with Gasteiger partial charge in [0.05, 0.1) is 11.3 Å².